The average molecular weight is 397 g/mol. The molecule has 7 heteroatoms. The Hall–Kier alpha value is -3.06. The van der Waals surface area contributed by atoms with E-state index >= 15 is 0 Å². The fourth-order valence-corrected chi connectivity index (χ4v) is 3.01. The van der Waals surface area contributed by atoms with Crippen LogP contribution in [0.2, 0.25) is 0 Å². The number of aromatic nitrogens is 2. The molecule has 0 bridgehead atoms. The van der Waals surface area contributed by atoms with Gasteiger partial charge in [-0.05, 0) is 55.4 Å². The molecule has 1 heterocycles. The van der Waals surface area contributed by atoms with Crippen LogP contribution < -0.4 is 14.2 Å². The molecule has 154 valence electrons. The van der Waals surface area contributed by atoms with E-state index < -0.39 is 0 Å². The minimum Gasteiger partial charge on any atom is -0.494 e. The molecule has 0 N–H and O–H groups in total. The van der Waals surface area contributed by atoms with E-state index in [2.05, 4.69) is 22.0 Å². The van der Waals surface area contributed by atoms with Gasteiger partial charge in [0.15, 0.2) is 11.5 Å². The van der Waals surface area contributed by atoms with Crippen molar-refractivity contribution in [2.24, 2.45) is 0 Å². The summed E-state index contributed by atoms with van der Waals surface area (Å²) in [6, 6.07) is 13.6. The lowest BCUT2D eigenvalue weighted by molar-refractivity contribution is 0.228. The summed E-state index contributed by atoms with van der Waals surface area (Å²) >= 11 is 0. The topological polar surface area (TPSA) is 69.9 Å². The first kappa shape index (κ1) is 20.7. The molecule has 3 rings (SSSR count). The Morgan fingerprint density at radius 2 is 1.69 bits per heavy atom. The first-order valence-electron chi connectivity index (χ1n) is 9.65. The predicted molar refractivity (Wildman–Crippen MR) is 110 cm³/mol. The zero-order valence-corrected chi connectivity index (χ0v) is 17.3. The van der Waals surface area contributed by atoms with Gasteiger partial charge in [-0.2, -0.15) is 4.98 Å². The highest BCUT2D eigenvalue weighted by Gasteiger charge is 2.14. The van der Waals surface area contributed by atoms with Gasteiger partial charge in [-0.25, -0.2) is 0 Å². The molecule has 0 spiro atoms. The van der Waals surface area contributed by atoms with Crippen molar-refractivity contribution >= 4 is 0 Å². The summed E-state index contributed by atoms with van der Waals surface area (Å²) < 4.78 is 21.6. The smallest absolute Gasteiger partial charge is 0.241 e. The first-order valence-corrected chi connectivity index (χ1v) is 9.65. The Labute approximate surface area is 171 Å². The van der Waals surface area contributed by atoms with Gasteiger partial charge in [-0.15, -0.1) is 0 Å². The number of benzene rings is 2. The standard InChI is InChI=1S/C22H27N3O4/c1-5-25(14-16-7-12-19(26-3)20(13-16)27-4)15-21-23-22(24-29-21)17-8-10-18(11-9-17)28-6-2/h7-13H,5-6,14-15H2,1-4H3. The summed E-state index contributed by atoms with van der Waals surface area (Å²) in [4.78, 5) is 6.76. The van der Waals surface area contributed by atoms with Crippen LogP contribution in [0.25, 0.3) is 11.4 Å². The van der Waals surface area contributed by atoms with Crippen molar-refractivity contribution in [3.63, 3.8) is 0 Å². The molecule has 2 aromatic carbocycles. The van der Waals surface area contributed by atoms with Crippen molar-refractivity contribution < 1.29 is 18.7 Å². The van der Waals surface area contributed by atoms with Gasteiger partial charge in [0.2, 0.25) is 11.7 Å². The molecule has 0 amide bonds. The highest BCUT2D eigenvalue weighted by atomic mass is 16.5. The maximum absolute atomic E-state index is 5.47. The van der Waals surface area contributed by atoms with Crippen LogP contribution in [-0.4, -0.2) is 42.4 Å². The quantitative estimate of drug-likeness (QED) is 0.508. The van der Waals surface area contributed by atoms with E-state index in [0.29, 0.717) is 24.9 Å². The van der Waals surface area contributed by atoms with Crippen molar-refractivity contribution in [1.82, 2.24) is 15.0 Å². The first-order chi connectivity index (χ1) is 14.2. The fraction of sp³-hybridized carbons (Fsp3) is 0.364. The Bertz CT molecular complexity index is 909. The molecule has 0 aliphatic heterocycles. The number of ether oxygens (including phenoxy) is 3. The van der Waals surface area contributed by atoms with Gasteiger partial charge in [-0.3, -0.25) is 4.90 Å². The number of nitrogens with zero attached hydrogens (tertiary/aromatic N) is 3. The van der Waals surface area contributed by atoms with E-state index in [1.165, 1.54) is 0 Å². The molecular formula is C22H27N3O4. The molecular weight excluding hydrogens is 370 g/mol. The van der Waals surface area contributed by atoms with Gasteiger partial charge in [-0.1, -0.05) is 18.1 Å². The summed E-state index contributed by atoms with van der Waals surface area (Å²) in [5.41, 5.74) is 2.02. The third-order valence-corrected chi connectivity index (χ3v) is 4.55. The Morgan fingerprint density at radius 3 is 2.34 bits per heavy atom. The summed E-state index contributed by atoms with van der Waals surface area (Å²) in [6.07, 6.45) is 0. The van der Waals surface area contributed by atoms with Gasteiger partial charge < -0.3 is 18.7 Å². The van der Waals surface area contributed by atoms with Crippen LogP contribution in [0.4, 0.5) is 0 Å². The summed E-state index contributed by atoms with van der Waals surface area (Å²) in [5.74, 6) is 3.42. The van der Waals surface area contributed by atoms with Gasteiger partial charge in [0.25, 0.3) is 0 Å². The van der Waals surface area contributed by atoms with Gasteiger partial charge in [0.05, 0.1) is 27.4 Å². The third kappa shape index (κ3) is 5.26. The van der Waals surface area contributed by atoms with Crippen LogP contribution in [0, 0.1) is 0 Å². The van der Waals surface area contributed by atoms with Crippen LogP contribution in [0.1, 0.15) is 25.3 Å². The molecule has 0 unspecified atom stereocenters. The van der Waals surface area contributed by atoms with E-state index in [4.69, 9.17) is 18.7 Å². The molecule has 1 aromatic heterocycles. The predicted octanol–water partition coefficient (Wildman–Crippen LogP) is 4.17. The minimum atomic E-state index is 0.564. The van der Waals surface area contributed by atoms with Gasteiger partial charge in [0, 0.05) is 12.1 Å². The van der Waals surface area contributed by atoms with Crippen LogP contribution in [0.3, 0.4) is 0 Å². The number of hydrogen-bond donors (Lipinski definition) is 0. The minimum absolute atomic E-state index is 0.564. The zero-order valence-electron chi connectivity index (χ0n) is 17.3. The number of rotatable bonds is 10. The van der Waals surface area contributed by atoms with Crippen molar-refractivity contribution in [2.75, 3.05) is 27.4 Å². The number of hydrogen-bond acceptors (Lipinski definition) is 7. The van der Waals surface area contributed by atoms with Crippen molar-refractivity contribution in [3.05, 3.63) is 53.9 Å². The molecule has 0 aliphatic carbocycles. The van der Waals surface area contributed by atoms with E-state index in [1.807, 2.05) is 49.4 Å². The van der Waals surface area contributed by atoms with E-state index in [1.54, 1.807) is 14.2 Å². The molecule has 0 radical (unpaired) electrons. The normalized spacial score (nSPS) is 10.9. The maximum Gasteiger partial charge on any atom is 0.241 e. The van der Waals surface area contributed by atoms with Crippen LogP contribution in [0.5, 0.6) is 17.2 Å². The van der Waals surface area contributed by atoms with Gasteiger partial charge in [0.1, 0.15) is 5.75 Å². The summed E-state index contributed by atoms with van der Waals surface area (Å²) in [7, 11) is 3.27. The lowest BCUT2D eigenvalue weighted by atomic mass is 10.2. The molecule has 0 atom stereocenters. The molecule has 0 aliphatic rings. The summed E-state index contributed by atoms with van der Waals surface area (Å²) in [5, 5.41) is 4.12. The Kier molecular flexibility index (Phi) is 7.08. The monoisotopic (exact) mass is 397 g/mol. The second-order valence-electron chi connectivity index (χ2n) is 6.46. The van der Waals surface area contributed by atoms with Gasteiger partial charge >= 0.3 is 0 Å². The third-order valence-electron chi connectivity index (χ3n) is 4.55. The molecule has 0 saturated carbocycles. The average Bonchev–Trinajstić information content (AvgIpc) is 3.22. The highest BCUT2D eigenvalue weighted by molar-refractivity contribution is 5.55. The van der Waals surface area contributed by atoms with Crippen molar-refractivity contribution in [3.8, 4) is 28.6 Å². The lowest BCUT2D eigenvalue weighted by Gasteiger charge is -2.19. The summed E-state index contributed by atoms with van der Waals surface area (Å²) in [6.45, 7) is 6.84. The van der Waals surface area contributed by atoms with E-state index in [-0.39, 0.29) is 0 Å². The maximum atomic E-state index is 5.47. The van der Waals surface area contributed by atoms with Crippen molar-refractivity contribution in [2.45, 2.75) is 26.9 Å². The molecule has 0 fully saturated rings. The highest BCUT2D eigenvalue weighted by Crippen LogP contribution is 2.28. The Balaban J connectivity index is 1.67. The molecule has 3 aromatic rings. The second kappa shape index (κ2) is 9.93. The van der Waals surface area contributed by atoms with Crippen molar-refractivity contribution in [1.29, 1.82) is 0 Å². The SMILES string of the molecule is CCOc1ccc(-c2noc(CN(CC)Cc3ccc(OC)c(OC)c3)n2)cc1. The molecule has 0 saturated heterocycles. The van der Waals surface area contributed by atoms with E-state index in [0.717, 1.165) is 41.5 Å². The van der Waals surface area contributed by atoms with Crippen LogP contribution in [-0.2, 0) is 13.1 Å². The molecule has 29 heavy (non-hydrogen) atoms. The van der Waals surface area contributed by atoms with Crippen LogP contribution >= 0.6 is 0 Å². The zero-order chi connectivity index (χ0) is 20.6. The largest absolute Gasteiger partial charge is 0.494 e. The number of methoxy groups -OCH3 is 2. The fourth-order valence-electron chi connectivity index (χ4n) is 3.01. The Morgan fingerprint density at radius 1 is 0.931 bits per heavy atom. The second-order valence-corrected chi connectivity index (χ2v) is 6.46. The van der Waals surface area contributed by atoms with E-state index in [9.17, 15) is 0 Å². The van der Waals surface area contributed by atoms with Crippen LogP contribution in [0.15, 0.2) is 47.0 Å². The molecule has 7 nitrogen and oxygen atoms in total. The lowest BCUT2D eigenvalue weighted by Crippen LogP contribution is -2.22.